The Labute approximate surface area is 183 Å². The summed E-state index contributed by atoms with van der Waals surface area (Å²) >= 11 is 0. The summed E-state index contributed by atoms with van der Waals surface area (Å²) in [5, 5.41) is 8.97. The Morgan fingerprint density at radius 2 is 1.94 bits per heavy atom. The van der Waals surface area contributed by atoms with E-state index in [1.165, 1.54) is 17.2 Å². The highest BCUT2D eigenvalue weighted by Gasteiger charge is 2.39. The van der Waals surface area contributed by atoms with Crippen molar-refractivity contribution in [2.75, 3.05) is 6.61 Å². The first-order chi connectivity index (χ1) is 14.7. The number of hydrogen-bond donors (Lipinski definition) is 1. The molecule has 1 aliphatic rings. The number of carboxylic acids is 1. The van der Waals surface area contributed by atoms with Crippen molar-refractivity contribution in [3.05, 3.63) is 77.1 Å². The van der Waals surface area contributed by atoms with E-state index in [2.05, 4.69) is 44.7 Å². The van der Waals surface area contributed by atoms with Gasteiger partial charge in [0.1, 0.15) is 0 Å². The number of benzene rings is 2. The molecule has 3 rings (SSSR count). The van der Waals surface area contributed by atoms with Gasteiger partial charge in [0, 0.05) is 17.4 Å². The molecule has 0 spiro atoms. The van der Waals surface area contributed by atoms with E-state index in [1.54, 1.807) is 12.1 Å². The molecule has 1 heterocycles. The minimum atomic E-state index is -1.16. The fourth-order valence-electron chi connectivity index (χ4n) is 4.33. The second-order valence-corrected chi connectivity index (χ2v) is 8.72. The topological polar surface area (TPSA) is 55.8 Å². The van der Waals surface area contributed by atoms with Crippen molar-refractivity contribution in [3.8, 4) is 5.75 Å². The molecule has 31 heavy (non-hydrogen) atoms. The Kier molecular flexibility index (Phi) is 7.16. The standard InChI is InChI=1S/C26H31FO4/c1-15(2)18-9-11-19(12-10-18)22-13-21(16(3)4)25(31-17(22)5)20-7-6-8-23(27)26(20)30-14-24(28)29/h6-12,15,17,21-22,25H,3,13-14H2,1-2,4-5H3,(H,28,29)/t17-,21-,22-,25+/m0/s1. The minimum absolute atomic E-state index is 0.0556. The van der Waals surface area contributed by atoms with E-state index in [-0.39, 0.29) is 23.7 Å². The van der Waals surface area contributed by atoms with Crippen LogP contribution in [0.1, 0.15) is 68.7 Å². The van der Waals surface area contributed by atoms with Crippen LogP contribution in [0.4, 0.5) is 4.39 Å². The van der Waals surface area contributed by atoms with Crippen molar-refractivity contribution < 1.29 is 23.8 Å². The molecule has 166 valence electrons. The molecule has 0 aliphatic carbocycles. The first kappa shape index (κ1) is 23.0. The third kappa shape index (κ3) is 5.16. The number of halogens is 1. The van der Waals surface area contributed by atoms with E-state index >= 15 is 0 Å². The smallest absolute Gasteiger partial charge is 0.341 e. The number of aliphatic carboxylic acids is 1. The second-order valence-electron chi connectivity index (χ2n) is 8.72. The van der Waals surface area contributed by atoms with Gasteiger partial charge in [0.05, 0.1) is 12.2 Å². The van der Waals surface area contributed by atoms with Gasteiger partial charge in [-0.25, -0.2) is 9.18 Å². The maximum absolute atomic E-state index is 14.5. The number of ether oxygens (including phenoxy) is 2. The summed E-state index contributed by atoms with van der Waals surface area (Å²) in [6, 6.07) is 13.3. The number of carbonyl (C=O) groups is 1. The maximum Gasteiger partial charge on any atom is 0.341 e. The van der Waals surface area contributed by atoms with Gasteiger partial charge in [0.15, 0.2) is 18.2 Å². The third-order valence-electron chi connectivity index (χ3n) is 6.11. The maximum atomic E-state index is 14.5. The molecule has 5 heteroatoms. The first-order valence-electron chi connectivity index (χ1n) is 10.7. The zero-order chi connectivity index (χ0) is 22.7. The molecule has 0 unspecified atom stereocenters. The summed E-state index contributed by atoms with van der Waals surface area (Å²) in [5.41, 5.74) is 3.97. The quantitative estimate of drug-likeness (QED) is 0.533. The van der Waals surface area contributed by atoms with Gasteiger partial charge in [-0.1, -0.05) is 62.4 Å². The molecule has 1 saturated heterocycles. The average Bonchev–Trinajstić information content (AvgIpc) is 2.72. The molecule has 0 bridgehead atoms. The molecule has 0 amide bonds. The zero-order valence-electron chi connectivity index (χ0n) is 18.6. The number of carboxylic acid groups (broad SMARTS) is 1. The van der Waals surface area contributed by atoms with Crippen molar-refractivity contribution in [1.82, 2.24) is 0 Å². The Balaban J connectivity index is 1.92. The van der Waals surface area contributed by atoms with E-state index in [4.69, 9.17) is 14.6 Å². The Morgan fingerprint density at radius 1 is 1.26 bits per heavy atom. The summed E-state index contributed by atoms with van der Waals surface area (Å²) in [7, 11) is 0. The van der Waals surface area contributed by atoms with Crippen LogP contribution < -0.4 is 4.74 Å². The van der Waals surface area contributed by atoms with E-state index < -0.39 is 24.5 Å². The summed E-state index contributed by atoms with van der Waals surface area (Å²) in [5.74, 6) is -1.22. The summed E-state index contributed by atoms with van der Waals surface area (Å²) in [6.45, 7) is 11.9. The van der Waals surface area contributed by atoms with E-state index in [1.807, 2.05) is 13.8 Å². The zero-order valence-corrected chi connectivity index (χ0v) is 18.6. The van der Waals surface area contributed by atoms with Gasteiger partial charge in [-0.2, -0.15) is 0 Å². The Bertz CT molecular complexity index is 935. The van der Waals surface area contributed by atoms with Crippen molar-refractivity contribution in [3.63, 3.8) is 0 Å². The van der Waals surface area contributed by atoms with Crippen LogP contribution in [0, 0.1) is 11.7 Å². The molecular weight excluding hydrogens is 395 g/mol. The highest BCUT2D eigenvalue weighted by atomic mass is 19.1. The predicted octanol–water partition coefficient (Wildman–Crippen LogP) is 6.24. The van der Waals surface area contributed by atoms with Gasteiger partial charge >= 0.3 is 5.97 Å². The van der Waals surface area contributed by atoms with Crippen molar-refractivity contribution in [2.45, 2.75) is 58.2 Å². The Morgan fingerprint density at radius 3 is 2.52 bits per heavy atom. The number of rotatable bonds is 7. The van der Waals surface area contributed by atoms with Crippen LogP contribution in [-0.4, -0.2) is 23.8 Å². The van der Waals surface area contributed by atoms with Crippen LogP contribution in [0.25, 0.3) is 0 Å². The molecule has 0 aromatic heterocycles. The predicted molar refractivity (Wildman–Crippen MR) is 119 cm³/mol. The van der Waals surface area contributed by atoms with Gasteiger partial charge in [-0.15, -0.1) is 0 Å². The molecule has 4 atom stereocenters. The lowest BCUT2D eigenvalue weighted by atomic mass is 9.75. The first-order valence-corrected chi connectivity index (χ1v) is 10.7. The second kappa shape index (κ2) is 9.65. The van der Waals surface area contributed by atoms with Crippen LogP contribution in [-0.2, 0) is 9.53 Å². The summed E-state index contributed by atoms with van der Waals surface area (Å²) < 4.78 is 26.3. The van der Waals surface area contributed by atoms with Crippen molar-refractivity contribution >= 4 is 5.97 Å². The number of para-hydroxylation sites is 1. The van der Waals surface area contributed by atoms with Gasteiger partial charge in [0.25, 0.3) is 0 Å². The molecule has 4 nitrogen and oxygen atoms in total. The van der Waals surface area contributed by atoms with Crippen molar-refractivity contribution in [2.24, 2.45) is 5.92 Å². The van der Waals surface area contributed by atoms with Crippen LogP contribution in [0.15, 0.2) is 54.6 Å². The Hall–Kier alpha value is -2.66. The summed E-state index contributed by atoms with van der Waals surface area (Å²) in [6.07, 6.45) is 0.233. The molecular formula is C26H31FO4. The molecule has 2 aromatic rings. The molecule has 1 aliphatic heterocycles. The van der Waals surface area contributed by atoms with E-state index in [0.717, 1.165) is 12.0 Å². The SMILES string of the molecule is C=C(C)[C@@H]1C[C@H](c2ccc(C(C)C)cc2)[C@H](C)O[C@@H]1c1cccc(F)c1OCC(=O)O. The van der Waals surface area contributed by atoms with Crippen LogP contribution in [0.2, 0.25) is 0 Å². The normalized spacial score (nSPS) is 23.5. The van der Waals surface area contributed by atoms with Crippen LogP contribution >= 0.6 is 0 Å². The monoisotopic (exact) mass is 426 g/mol. The average molecular weight is 427 g/mol. The molecule has 0 saturated carbocycles. The fourth-order valence-corrected chi connectivity index (χ4v) is 4.33. The third-order valence-corrected chi connectivity index (χ3v) is 6.11. The van der Waals surface area contributed by atoms with E-state index in [9.17, 15) is 9.18 Å². The fraction of sp³-hybridized carbons (Fsp3) is 0.423. The molecule has 0 radical (unpaired) electrons. The van der Waals surface area contributed by atoms with Gasteiger partial charge in [0.2, 0.25) is 0 Å². The highest BCUT2D eigenvalue weighted by Crippen LogP contribution is 2.48. The highest BCUT2D eigenvalue weighted by molar-refractivity contribution is 5.68. The lowest BCUT2D eigenvalue weighted by molar-refractivity contribution is -0.139. The number of hydrogen-bond acceptors (Lipinski definition) is 3. The van der Waals surface area contributed by atoms with Gasteiger partial charge in [-0.3, -0.25) is 0 Å². The summed E-state index contributed by atoms with van der Waals surface area (Å²) in [4.78, 5) is 11.0. The largest absolute Gasteiger partial charge is 0.479 e. The van der Waals surface area contributed by atoms with Crippen LogP contribution in [0.5, 0.6) is 5.75 Å². The molecule has 1 N–H and O–H groups in total. The van der Waals surface area contributed by atoms with Crippen molar-refractivity contribution in [1.29, 1.82) is 0 Å². The lowest BCUT2D eigenvalue weighted by Crippen LogP contribution is -2.34. The van der Waals surface area contributed by atoms with Gasteiger partial charge < -0.3 is 14.6 Å². The molecule has 2 aromatic carbocycles. The molecule has 1 fully saturated rings. The van der Waals surface area contributed by atoms with E-state index in [0.29, 0.717) is 11.5 Å². The minimum Gasteiger partial charge on any atom is -0.479 e. The van der Waals surface area contributed by atoms with Crippen LogP contribution in [0.3, 0.4) is 0 Å². The lowest BCUT2D eigenvalue weighted by Gasteiger charge is -2.42. The van der Waals surface area contributed by atoms with Gasteiger partial charge in [-0.05, 0) is 43.4 Å².